The van der Waals surface area contributed by atoms with Crippen LogP contribution < -0.4 is 10.2 Å². The van der Waals surface area contributed by atoms with E-state index in [9.17, 15) is 0 Å². The normalized spacial score (nSPS) is 16.0. The third-order valence-corrected chi connectivity index (χ3v) is 4.07. The van der Waals surface area contributed by atoms with Crippen LogP contribution in [0.5, 0.6) is 0 Å². The summed E-state index contributed by atoms with van der Waals surface area (Å²) in [4.78, 5) is 11.7. The van der Waals surface area contributed by atoms with Crippen LogP contribution >= 0.6 is 0 Å². The molecule has 118 valence electrons. The zero-order chi connectivity index (χ0) is 15.1. The Hall–Kier alpha value is -1.32. The Morgan fingerprint density at radius 2 is 1.76 bits per heavy atom. The molecule has 1 aromatic heterocycles. The van der Waals surface area contributed by atoms with Crippen molar-refractivity contribution < 1.29 is 0 Å². The van der Waals surface area contributed by atoms with Gasteiger partial charge in [0.15, 0.2) is 0 Å². The fourth-order valence-corrected chi connectivity index (χ4v) is 3.08. The molecule has 0 bridgehead atoms. The molecule has 0 atom stereocenters. The minimum Gasteiger partial charge on any atom is -0.367 e. The highest BCUT2D eigenvalue weighted by molar-refractivity contribution is 5.44. The van der Waals surface area contributed by atoms with Crippen LogP contribution in [-0.2, 0) is 0 Å². The molecule has 0 amide bonds. The average molecular weight is 290 g/mol. The third kappa shape index (κ3) is 4.87. The van der Waals surface area contributed by atoms with Crippen molar-refractivity contribution in [3.8, 4) is 0 Å². The Balaban J connectivity index is 2.10. The molecule has 0 aliphatic heterocycles. The first kappa shape index (κ1) is 16.1. The molecule has 0 aromatic carbocycles. The van der Waals surface area contributed by atoms with Crippen molar-refractivity contribution in [1.82, 2.24) is 9.97 Å². The number of nitrogens with zero attached hydrogens (tertiary/aromatic N) is 3. The second kappa shape index (κ2) is 8.20. The van der Waals surface area contributed by atoms with Crippen molar-refractivity contribution in [3.63, 3.8) is 0 Å². The van der Waals surface area contributed by atoms with Crippen LogP contribution in [0, 0.1) is 6.92 Å². The van der Waals surface area contributed by atoms with Crippen LogP contribution in [0.25, 0.3) is 0 Å². The van der Waals surface area contributed by atoms with Gasteiger partial charge in [-0.3, -0.25) is 0 Å². The van der Waals surface area contributed by atoms with Gasteiger partial charge in [0.25, 0.3) is 0 Å². The number of aromatic nitrogens is 2. The van der Waals surface area contributed by atoms with Gasteiger partial charge in [0, 0.05) is 30.9 Å². The highest BCUT2D eigenvalue weighted by atomic mass is 15.3. The Bertz CT molecular complexity index is 421. The van der Waals surface area contributed by atoms with E-state index < -0.39 is 0 Å². The molecule has 0 spiro atoms. The second-order valence-corrected chi connectivity index (χ2v) is 6.16. The van der Waals surface area contributed by atoms with Crippen LogP contribution in [0.15, 0.2) is 6.07 Å². The summed E-state index contributed by atoms with van der Waals surface area (Å²) < 4.78 is 0. The van der Waals surface area contributed by atoms with Gasteiger partial charge < -0.3 is 10.2 Å². The summed E-state index contributed by atoms with van der Waals surface area (Å²) in [5.74, 6) is 1.89. The lowest BCUT2D eigenvalue weighted by atomic mass is 9.95. The number of anilines is 2. The maximum atomic E-state index is 4.77. The van der Waals surface area contributed by atoms with Gasteiger partial charge in [-0.25, -0.2) is 4.98 Å². The fraction of sp³-hybridized carbons (Fsp3) is 0.765. The monoisotopic (exact) mass is 290 g/mol. The van der Waals surface area contributed by atoms with E-state index in [1.54, 1.807) is 0 Å². The maximum absolute atomic E-state index is 4.77. The van der Waals surface area contributed by atoms with E-state index in [2.05, 4.69) is 42.0 Å². The van der Waals surface area contributed by atoms with Crippen LogP contribution in [0.1, 0.15) is 64.5 Å². The first-order valence-corrected chi connectivity index (χ1v) is 8.60. The number of hydrogen-bond acceptors (Lipinski definition) is 4. The molecule has 2 rings (SSSR count). The Kier molecular flexibility index (Phi) is 6.27. The Morgan fingerprint density at radius 1 is 1.10 bits per heavy atom. The van der Waals surface area contributed by atoms with E-state index in [1.807, 2.05) is 0 Å². The SMILES string of the molecule is CCCN(CCC)c1nc(C)cc(NC2CCCCC2)n1. The lowest BCUT2D eigenvalue weighted by Gasteiger charge is -2.25. The molecule has 0 saturated heterocycles. The van der Waals surface area contributed by atoms with E-state index in [0.717, 1.165) is 43.4 Å². The number of aryl methyl sites for hydroxylation is 1. The number of nitrogens with one attached hydrogen (secondary N) is 1. The quantitative estimate of drug-likeness (QED) is 0.819. The van der Waals surface area contributed by atoms with Crippen molar-refractivity contribution in [2.24, 2.45) is 0 Å². The van der Waals surface area contributed by atoms with Gasteiger partial charge in [0.1, 0.15) is 5.82 Å². The summed E-state index contributed by atoms with van der Waals surface area (Å²) in [7, 11) is 0. The summed E-state index contributed by atoms with van der Waals surface area (Å²) in [6.45, 7) is 8.53. The van der Waals surface area contributed by atoms with Crippen LogP contribution in [0.3, 0.4) is 0 Å². The van der Waals surface area contributed by atoms with Gasteiger partial charge in [0.2, 0.25) is 5.95 Å². The van der Waals surface area contributed by atoms with Gasteiger partial charge >= 0.3 is 0 Å². The zero-order valence-corrected chi connectivity index (χ0v) is 13.9. The molecular weight excluding hydrogens is 260 g/mol. The topological polar surface area (TPSA) is 41.1 Å². The first-order chi connectivity index (χ1) is 10.2. The highest BCUT2D eigenvalue weighted by Gasteiger charge is 2.15. The molecule has 1 N–H and O–H groups in total. The second-order valence-electron chi connectivity index (χ2n) is 6.16. The summed E-state index contributed by atoms with van der Waals surface area (Å²) in [5.41, 5.74) is 1.05. The number of rotatable bonds is 7. The van der Waals surface area contributed by atoms with Crippen molar-refractivity contribution in [1.29, 1.82) is 0 Å². The lowest BCUT2D eigenvalue weighted by Crippen LogP contribution is -2.28. The molecule has 4 nitrogen and oxygen atoms in total. The van der Waals surface area contributed by atoms with Crippen molar-refractivity contribution in [2.75, 3.05) is 23.3 Å². The zero-order valence-electron chi connectivity index (χ0n) is 13.9. The van der Waals surface area contributed by atoms with Crippen molar-refractivity contribution in [2.45, 2.75) is 71.8 Å². The fourth-order valence-electron chi connectivity index (χ4n) is 3.08. The molecule has 4 heteroatoms. The molecule has 1 heterocycles. The third-order valence-electron chi connectivity index (χ3n) is 4.07. The minimum absolute atomic E-state index is 0.590. The van der Waals surface area contributed by atoms with Gasteiger partial charge in [-0.05, 0) is 32.6 Å². The summed E-state index contributed by atoms with van der Waals surface area (Å²) in [6, 6.07) is 2.67. The van der Waals surface area contributed by atoms with Crippen LogP contribution in [0.2, 0.25) is 0 Å². The highest BCUT2D eigenvalue weighted by Crippen LogP contribution is 2.22. The van der Waals surface area contributed by atoms with E-state index in [1.165, 1.54) is 32.1 Å². The standard InChI is InChI=1S/C17H30N4/c1-4-11-21(12-5-2)17-18-14(3)13-16(20-17)19-15-9-7-6-8-10-15/h13,15H,4-12H2,1-3H3,(H,18,19,20). The van der Waals surface area contributed by atoms with E-state index in [-0.39, 0.29) is 0 Å². The smallest absolute Gasteiger partial charge is 0.227 e. The first-order valence-electron chi connectivity index (χ1n) is 8.60. The van der Waals surface area contributed by atoms with E-state index in [4.69, 9.17) is 4.98 Å². The number of hydrogen-bond donors (Lipinski definition) is 1. The predicted octanol–water partition coefficient (Wildman–Crippen LogP) is 4.16. The molecule has 1 aliphatic rings. The Labute approximate surface area is 129 Å². The van der Waals surface area contributed by atoms with Gasteiger partial charge in [-0.15, -0.1) is 0 Å². The summed E-state index contributed by atoms with van der Waals surface area (Å²) in [6.07, 6.45) is 8.86. The molecule has 0 radical (unpaired) electrons. The van der Waals surface area contributed by atoms with E-state index in [0.29, 0.717) is 6.04 Å². The molecular formula is C17H30N4. The summed E-state index contributed by atoms with van der Waals surface area (Å²) >= 11 is 0. The van der Waals surface area contributed by atoms with Crippen molar-refractivity contribution in [3.05, 3.63) is 11.8 Å². The average Bonchev–Trinajstić information content (AvgIpc) is 2.47. The van der Waals surface area contributed by atoms with Crippen molar-refractivity contribution >= 4 is 11.8 Å². The van der Waals surface area contributed by atoms with Crippen LogP contribution in [0.4, 0.5) is 11.8 Å². The Morgan fingerprint density at radius 3 is 2.38 bits per heavy atom. The minimum atomic E-state index is 0.590. The van der Waals surface area contributed by atoms with E-state index >= 15 is 0 Å². The molecule has 1 saturated carbocycles. The largest absolute Gasteiger partial charge is 0.367 e. The molecule has 1 aliphatic carbocycles. The van der Waals surface area contributed by atoms with Crippen LogP contribution in [-0.4, -0.2) is 29.1 Å². The predicted molar refractivity (Wildman–Crippen MR) is 90.1 cm³/mol. The van der Waals surface area contributed by atoms with Gasteiger partial charge in [0.05, 0.1) is 0 Å². The van der Waals surface area contributed by atoms with Gasteiger partial charge in [-0.1, -0.05) is 33.1 Å². The maximum Gasteiger partial charge on any atom is 0.227 e. The molecule has 1 fully saturated rings. The van der Waals surface area contributed by atoms with Gasteiger partial charge in [-0.2, -0.15) is 4.98 Å². The lowest BCUT2D eigenvalue weighted by molar-refractivity contribution is 0.461. The summed E-state index contributed by atoms with van der Waals surface area (Å²) in [5, 5.41) is 3.62. The molecule has 21 heavy (non-hydrogen) atoms. The molecule has 0 unspecified atom stereocenters. The molecule has 1 aromatic rings.